The fourth-order valence-corrected chi connectivity index (χ4v) is 1.24. The molecule has 0 spiro atoms. The maximum absolute atomic E-state index is 12.2. The van der Waals surface area contributed by atoms with Crippen molar-refractivity contribution in [2.45, 2.75) is 19.8 Å². The average Bonchev–Trinajstić information content (AvgIpc) is 2.30. The first-order valence-corrected chi connectivity index (χ1v) is 5.14. The van der Waals surface area contributed by atoms with Crippen molar-refractivity contribution in [2.75, 3.05) is 6.61 Å². The Kier molecular flexibility index (Phi) is 4.54. The first-order valence-electron chi connectivity index (χ1n) is 5.14. The summed E-state index contributed by atoms with van der Waals surface area (Å²) in [6.45, 7) is 1.11. The Hall–Kier alpha value is -2.03. The van der Waals surface area contributed by atoms with Gasteiger partial charge in [-0.15, -0.1) is 13.2 Å². The van der Waals surface area contributed by atoms with E-state index in [-0.39, 0.29) is 18.8 Å². The molecule has 0 unspecified atom stereocenters. The van der Waals surface area contributed by atoms with E-state index in [1.807, 2.05) is 0 Å². The molecule has 0 atom stereocenters. The number of alkyl halides is 3. The van der Waals surface area contributed by atoms with Gasteiger partial charge < -0.3 is 20.3 Å². The first kappa shape index (κ1) is 15.0. The predicted molar refractivity (Wildman–Crippen MR) is 56.4 cm³/mol. The van der Waals surface area contributed by atoms with Crippen LogP contribution in [0, 0.1) is 0 Å². The van der Waals surface area contributed by atoms with Crippen molar-refractivity contribution in [3.63, 3.8) is 0 Å². The first-order chi connectivity index (χ1) is 8.80. The number of hydrogen-bond donors (Lipinski definition) is 2. The zero-order valence-electron chi connectivity index (χ0n) is 9.82. The largest absolute Gasteiger partial charge is 0.573 e. The van der Waals surface area contributed by atoms with Crippen LogP contribution >= 0.6 is 0 Å². The zero-order chi connectivity index (χ0) is 14.6. The molecule has 0 bridgehead atoms. The van der Waals surface area contributed by atoms with Crippen molar-refractivity contribution in [3.8, 4) is 11.5 Å². The number of nitrogens with two attached hydrogens (primary N) is 1. The number of aromatic nitrogens is 1. The third-order valence-electron chi connectivity index (χ3n) is 1.99. The standard InChI is InChI=1S/C10H11F3N2O4/c1-2-18-9(17)5-4-15-6(3-14)7(16)8(5)19-10(11,12)13/h4,16H,2-3,14H2,1H3. The van der Waals surface area contributed by atoms with Crippen LogP contribution in [0.15, 0.2) is 6.20 Å². The van der Waals surface area contributed by atoms with E-state index < -0.39 is 29.4 Å². The predicted octanol–water partition coefficient (Wildman–Crippen LogP) is 1.32. The molecular weight excluding hydrogens is 269 g/mol. The monoisotopic (exact) mass is 280 g/mol. The Labute approximate surface area is 105 Å². The molecule has 0 aliphatic carbocycles. The molecule has 1 aromatic heterocycles. The van der Waals surface area contributed by atoms with Gasteiger partial charge >= 0.3 is 12.3 Å². The van der Waals surface area contributed by atoms with Gasteiger partial charge in [0.25, 0.3) is 0 Å². The average molecular weight is 280 g/mol. The topological polar surface area (TPSA) is 94.7 Å². The summed E-state index contributed by atoms with van der Waals surface area (Å²) in [7, 11) is 0. The molecule has 0 aromatic carbocycles. The summed E-state index contributed by atoms with van der Waals surface area (Å²) in [5, 5.41) is 9.57. The second-order valence-corrected chi connectivity index (χ2v) is 3.27. The van der Waals surface area contributed by atoms with Crippen LogP contribution < -0.4 is 10.5 Å². The van der Waals surface area contributed by atoms with Crippen molar-refractivity contribution in [3.05, 3.63) is 17.5 Å². The van der Waals surface area contributed by atoms with Gasteiger partial charge in [-0.2, -0.15) is 0 Å². The van der Waals surface area contributed by atoms with Gasteiger partial charge in [-0.05, 0) is 6.92 Å². The lowest BCUT2D eigenvalue weighted by Crippen LogP contribution is -2.20. The molecule has 0 saturated heterocycles. The van der Waals surface area contributed by atoms with Crippen LogP contribution in [-0.2, 0) is 11.3 Å². The number of halogens is 3. The lowest BCUT2D eigenvalue weighted by Gasteiger charge is -2.15. The van der Waals surface area contributed by atoms with Gasteiger partial charge in [0.1, 0.15) is 5.56 Å². The molecule has 3 N–H and O–H groups in total. The van der Waals surface area contributed by atoms with E-state index in [4.69, 9.17) is 5.73 Å². The van der Waals surface area contributed by atoms with Gasteiger partial charge in [-0.1, -0.05) is 0 Å². The number of carbonyl (C=O) groups excluding carboxylic acids is 1. The second-order valence-electron chi connectivity index (χ2n) is 3.27. The van der Waals surface area contributed by atoms with E-state index in [2.05, 4.69) is 14.5 Å². The number of rotatable bonds is 4. The van der Waals surface area contributed by atoms with Gasteiger partial charge in [0.15, 0.2) is 11.5 Å². The quantitative estimate of drug-likeness (QED) is 0.808. The van der Waals surface area contributed by atoms with E-state index >= 15 is 0 Å². The van der Waals surface area contributed by atoms with Crippen LogP contribution in [0.3, 0.4) is 0 Å². The van der Waals surface area contributed by atoms with Gasteiger partial charge in [-0.3, -0.25) is 4.98 Å². The summed E-state index contributed by atoms with van der Waals surface area (Å²) in [5.74, 6) is -3.10. The van der Waals surface area contributed by atoms with Crippen LogP contribution in [0.5, 0.6) is 11.5 Å². The molecule has 0 saturated carbocycles. The van der Waals surface area contributed by atoms with E-state index in [1.165, 1.54) is 6.92 Å². The Morgan fingerprint density at radius 3 is 2.63 bits per heavy atom. The minimum atomic E-state index is -5.08. The molecule has 6 nitrogen and oxygen atoms in total. The zero-order valence-corrected chi connectivity index (χ0v) is 9.82. The highest BCUT2D eigenvalue weighted by molar-refractivity contribution is 5.93. The van der Waals surface area contributed by atoms with E-state index in [1.54, 1.807) is 0 Å². The summed E-state index contributed by atoms with van der Waals surface area (Å²) in [6, 6.07) is 0. The summed E-state index contributed by atoms with van der Waals surface area (Å²) >= 11 is 0. The van der Waals surface area contributed by atoms with Crippen LogP contribution in [0.4, 0.5) is 13.2 Å². The Balaban J connectivity index is 3.30. The summed E-state index contributed by atoms with van der Waals surface area (Å²) in [5.41, 5.74) is 4.33. The minimum Gasteiger partial charge on any atom is -0.503 e. The SMILES string of the molecule is CCOC(=O)c1cnc(CN)c(O)c1OC(F)(F)F. The fourth-order valence-electron chi connectivity index (χ4n) is 1.24. The molecular formula is C10H11F3N2O4. The van der Waals surface area contributed by atoms with Crippen molar-refractivity contribution in [1.29, 1.82) is 0 Å². The number of nitrogens with zero attached hydrogens (tertiary/aromatic N) is 1. The van der Waals surface area contributed by atoms with E-state index in [0.29, 0.717) is 0 Å². The van der Waals surface area contributed by atoms with Crippen LogP contribution in [0.2, 0.25) is 0 Å². The van der Waals surface area contributed by atoms with Crippen molar-refractivity contribution in [1.82, 2.24) is 4.98 Å². The molecule has 19 heavy (non-hydrogen) atoms. The van der Waals surface area contributed by atoms with Crippen LogP contribution in [0.25, 0.3) is 0 Å². The molecule has 1 aromatic rings. The van der Waals surface area contributed by atoms with Crippen molar-refractivity contribution >= 4 is 5.97 Å². The highest BCUT2D eigenvalue weighted by Crippen LogP contribution is 2.36. The highest BCUT2D eigenvalue weighted by atomic mass is 19.4. The Morgan fingerprint density at radius 1 is 1.53 bits per heavy atom. The van der Waals surface area contributed by atoms with Gasteiger partial charge in [0.2, 0.25) is 0 Å². The van der Waals surface area contributed by atoms with Crippen LogP contribution in [-0.4, -0.2) is 29.0 Å². The number of hydrogen-bond acceptors (Lipinski definition) is 6. The maximum atomic E-state index is 12.2. The molecule has 0 amide bonds. The lowest BCUT2D eigenvalue weighted by atomic mass is 10.2. The fraction of sp³-hybridized carbons (Fsp3) is 0.400. The Bertz CT molecular complexity index is 477. The number of aromatic hydroxyl groups is 1. The minimum absolute atomic E-state index is 0.0519. The molecule has 106 valence electrons. The Morgan fingerprint density at radius 2 is 2.16 bits per heavy atom. The molecule has 1 rings (SSSR count). The smallest absolute Gasteiger partial charge is 0.503 e. The summed E-state index contributed by atoms with van der Waals surface area (Å²) < 4.78 is 44.9. The summed E-state index contributed by atoms with van der Waals surface area (Å²) in [6.07, 6.45) is -4.27. The highest BCUT2D eigenvalue weighted by Gasteiger charge is 2.35. The molecule has 9 heteroatoms. The van der Waals surface area contributed by atoms with Crippen molar-refractivity contribution in [2.24, 2.45) is 5.73 Å². The number of pyridine rings is 1. The molecule has 0 fully saturated rings. The van der Waals surface area contributed by atoms with E-state index in [9.17, 15) is 23.1 Å². The molecule has 1 heterocycles. The van der Waals surface area contributed by atoms with E-state index in [0.717, 1.165) is 6.20 Å². The van der Waals surface area contributed by atoms with Gasteiger partial charge in [0.05, 0.1) is 12.3 Å². The third kappa shape index (κ3) is 3.71. The number of esters is 1. The normalized spacial score (nSPS) is 11.2. The second kappa shape index (κ2) is 5.74. The van der Waals surface area contributed by atoms with Crippen LogP contribution in [0.1, 0.15) is 23.0 Å². The molecule has 0 aliphatic rings. The number of carbonyl (C=O) groups is 1. The number of ether oxygens (including phenoxy) is 2. The third-order valence-corrected chi connectivity index (χ3v) is 1.99. The molecule has 0 aliphatic heterocycles. The molecule has 0 radical (unpaired) electrons. The van der Waals surface area contributed by atoms with Gasteiger partial charge in [-0.25, -0.2) is 4.79 Å². The lowest BCUT2D eigenvalue weighted by molar-refractivity contribution is -0.275. The van der Waals surface area contributed by atoms with Crippen molar-refractivity contribution < 1.29 is 32.5 Å². The summed E-state index contributed by atoms with van der Waals surface area (Å²) in [4.78, 5) is 15.0. The maximum Gasteiger partial charge on any atom is 0.573 e. The van der Waals surface area contributed by atoms with Gasteiger partial charge in [0, 0.05) is 12.7 Å².